The van der Waals surface area contributed by atoms with Crippen molar-refractivity contribution in [1.82, 2.24) is 20.1 Å². The third-order valence-electron chi connectivity index (χ3n) is 5.90. The minimum Gasteiger partial charge on any atom is -0.387 e. The van der Waals surface area contributed by atoms with Crippen LogP contribution in [0.3, 0.4) is 0 Å². The van der Waals surface area contributed by atoms with E-state index in [0.29, 0.717) is 25.1 Å². The molecule has 32 heavy (non-hydrogen) atoms. The first-order chi connectivity index (χ1) is 15.4. The lowest BCUT2D eigenvalue weighted by Gasteiger charge is -2.30. The van der Waals surface area contributed by atoms with Gasteiger partial charge in [-0.2, -0.15) is 18.3 Å². The zero-order valence-corrected chi connectivity index (χ0v) is 18.2. The molecular formula is C22H22F3N5OS. The van der Waals surface area contributed by atoms with Crippen LogP contribution in [0.15, 0.2) is 46.9 Å². The molecule has 2 aliphatic heterocycles. The second kappa shape index (κ2) is 8.32. The van der Waals surface area contributed by atoms with Gasteiger partial charge in [-0.25, -0.2) is 4.98 Å². The van der Waals surface area contributed by atoms with Crippen molar-refractivity contribution in [3.63, 3.8) is 0 Å². The number of aromatic nitrogens is 3. The molecule has 0 amide bonds. The Morgan fingerprint density at radius 1 is 1.22 bits per heavy atom. The molecule has 2 aromatic heterocycles. The molecule has 0 aliphatic carbocycles. The van der Waals surface area contributed by atoms with Crippen molar-refractivity contribution in [3.05, 3.63) is 69.4 Å². The summed E-state index contributed by atoms with van der Waals surface area (Å²) in [6, 6.07) is 11.1. The monoisotopic (exact) mass is 461 g/mol. The maximum atomic E-state index is 13.1. The van der Waals surface area contributed by atoms with Crippen LogP contribution < -0.4 is 5.32 Å². The van der Waals surface area contributed by atoms with Crippen molar-refractivity contribution in [1.29, 1.82) is 0 Å². The Hall–Kier alpha value is -2.72. The number of aryl methyl sites for hydroxylation is 1. The van der Waals surface area contributed by atoms with E-state index in [2.05, 4.69) is 15.6 Å². The molecule has 1 aromatic carbocycles. The molecule has 5 rings (SSSR count). The van der Waals surface area contributed by atoms with E-state index >= 15 is 0 Å². The molecule has 0 bridgehead atoms. The Balaban J connectivity index is 1.28. The lowest BCUT2D eigenvalue weighted by Crippen LogP contribution is -2.36. The average molecular weight is 462 g/mol. The van der Waals surface area contributed by atoms with E-state index in [1.807, 2.05) is 35.7 Å². The van der Waals surface area contributed by atoms with E-state index in [0.717, 1.165) is 34.5 Å². The summed E-state index contributed by atoms with van der Waals surface area (Å²) in [5, 5.41) is 14.3. The highest BCUT2D eigenvalue weighted by Gasteiger charge is 2.36. The summed E-state index contributed by atoms with van der Waals surface area (Å²) in [4.78, 5) is 10.4. The zero-order chi connectivity index (χ0) is 22.3. The van der Waals surface area contributed by atoms with Crippen LogP contribution in [-0.4, -0.2) is 27.0 Å². The fourth-order valence-corrected chi connectivity index (χ4v) is 5.21. The molecule has 3 atom stereocenters. The average Bonchev–Trinajstić information content (AvgIpc) is 3.53. The summed E-state index contributed by atoms with van der Waals surface area (Å²) >= 11 is 1.57. The molecule has 1 N–H and O–H groups in total. The van der Waals surface area contributed by atoms with Crippen LogP contribution in [-0.2, 0) is 11.0 Å². The Labute approximate surface area is 187 Å². The van der Waals surface area contributed by atoms with Gasteiger partial charge >= 0.3 is 6.18 Å². The van der Waals surface area contributed by atoms with Gasteiger partial charge in [0.15, 0.2) is 11.8 Å². The zero-order valence-electron chi connectivity index (χ0n) is 17.3. The van der Waals surface area contributed by atoms with E-state index < -0.39 is 11.9 Å². The molecule has 0 saturated carbocycles. The first kappa shape index (κ1) is 21.1. The fourth-order valence-electron chi connectivity index (χ4n) is 4.23. The summed E-state index contributed by atoms with van der Waals surface area (Å²) < 4.78 is 40.6. The number of hydrogen-bond donors (Lipinski definition) is 1. The van der Waals surface area contributed by atoms with E-state index in [1.165, 1.54) is 4.68 Å². The molecule has 10 heteroatoms. The van der Waals surface area contributed by atoms with Gasteiger partial charge in [0, 0.05) is 23.4 Å². The number of nitrogens with zero attached hydrogens (tertiary/aromatic N) is 4. The topological polar surface area (TPSA) is 64.3 Å². The number of hydrogen-bond acceptors (Lipinski definition) is 6. The number of thiazole rings is 1. The maximum absolute atomic E-state index is 13.1. The lowest BCUT2D eigenvalue weighted by molar-refractivity contribution is -0.141. The van der Waals surface area contributed by atoms with E-state index in [9.17, 15) is 13.2 Å². The first-order valence-corrected chi connectivity index (χ1v) is 11.4. The third kappa shape index (κ3) is 4.16. The Morgan fingerprint density at radius 2 is 2.03 bits per heavy atom. The van der Waals surface area contributed by atoms with Gasteiger partial charge in [0.25, 0.3) is 0 Å². The summed E-state index contributed by atoms with van der Waals surface area (Å²) in [6.07, 6.45) is -2.70. The van der Waals surface area contributed by atoms with Crippen LogP contribution >= 0.6 is 11.3 Å². The summed E-state index contributed by atoms with van der Waals surface area (Å²) in [6.45, 7) is 2.33. The number of nitrogens with one attached hydrogen (secondary N) is 1. The normalized spacial score (nSPS) is 23.8. The Morgan fingerprint density at radius 3 is 2.78 bits per heavy atom. The van der Waals surface area contributed by atoms with E-state index in [-0.39, 0.29) is 18.2 Å². The molecule has 1 saturated heterocycles. The second-order valence-electron chi connectivity index (χ2n) is 8.12. The molecule has 3 unspecified atom stereocenters. The van der Waals surface area contributed by atoms with Gasteiger partial charge in [-0.05, 0) is 37.9 Å². The summed E-state index contributed by atoms with van der Waals surface area (Å²) in [5.41, 5.74) is 2.34. The number of benzene rings is 1. The lowest BCUT2D eigenvalue weighted by atomic mass is 9.96. The molecule has 168 valence electrons. The second-order valence-corrected chi connectivity index (χ2v) is 9.01. The highest BCUT2D eigenvalue weighted by Crippen LogP contribution is 2.36. The van der Waals surface area contributed by atoms with Gasteiger partial charge in [0.1, 0.15) is 11.9 Å². The molecule has 6 nitrogen and oxygen atoms in total. The largest absolute Gasteiger partial charge is 0.435 e. The number of halogens is 3. The smallest absolute Gasteiger partial charge is 0.387 e. The standard InChI is InChI=1S/C22H22F3N5OS/c1-13-9-19(22(23,24)25)28-30(13)20-10-15(7-8-26-20)21-27-17(12-32-21)16-11-18(31-29-16)14-5-3-2-4-6-14/h2-6,9,12,15,18,20,26H,7-8,10-11H2,1H3. The number of oxime groups is 1. The Kier molecular flexibility index (Phi) is 5.50. The quantitative estimate of drug-likeness (QED) is 0.580. The van der Waals surface area contributed by atoms with Crippen molar-refractivity contribution in [3.8, 4) is 0 Å². The highest BCUT2D eigenvalue weighted by atomic mass is 32.1. The van der Waals surface area contributed by atoms with Crippen LogP contribution in [0, 0.1) is 6.92 Å². The van der Waals surface area contributed by atoms with Gasteiger partial charge in [0.2, 0.25) is 0 Å². The Bertz CT molecular complexity index is 1120. The van der Waals surface area contributed by atoms with Gasteiger partial charge in [-0.3, -0.25) is 10.00 Å². The van der Waals surface area contributed by atoms with Crippen molar-refractivity contribution >= 4 is 17.0 Å². The minimum atomic E-state index is -4.45. The molecule has 0 radical (unpaired) electrons. The molecule has 0 spiro atoms. The van der Waals surface area contributed by atoms with E-state index in [4.69, 9.17) is 9.82 Å². The van der Waals surface area contributed by atoms with Crippen molar-refractivity contribution in [2.45, 2.75) is 50.6 Å². The number of piperidine rings is 1. The predicted octanol–water partition coefficient (Wildman–Crippen LogP) is 5.20. The first-order valence-electron chi connectivity index (χ1n) is 10.5. The van der Waals surface area contributed by atoms with Crippen LogP contribution in [0.4, 0.5) is 13.2 Å². The maximum Gasteiger partial charge on any atom is 0.435 e. The SMILES string of the molecule is Cc1cc(C(F)(F)F)nn1C1CC(c2nc(C3=NOC(c4ccccc4)C3)cs2)CCN1. The van der Waals surface area contributed by atoms with Crippen LogP contribution in [0.25, 0.3) is 0 Å². The van der Waals surface area contributed by atoms with E-state index in [1.54, 1.807) is 18.3 Å². The van der Waals surface area contributed by atoms with Crippen LogP contribution in [0.1, 0.15) is 65.1 Å². The fraction of sp³-hybridized carbons (Fsp3) is 0.409. The predicted molar refractivity (Wildman–Crippen MR) is 115 cm³/mol. The highest BCUT2D eigenvalue weighted by molar-refractivity contribution is 7.10. The molecule has 2 aliphatic rings. The summed E-state index contributed by atoms with van der Waals surface area (Å²) in [5.74, 6) is 0.144. The molecular weight excluding hydrogens is 439 g/mol. The summed E-state index contributed by atoms with van der Waals surface area (Å²) in [7, 11) is 0. The number of alkyl halides is 3. The van der Waals surface area contributed by atoms with Gasteiger partial charge < -0.3 is 4.84 Å². The van der Waals surface area contributed by atoms with Gasteiger partial charge in [-0.15, -0.1) is 11.3 Å². The molecule has 4 heterocycles. The minimum absolute atomic E-state index is 0.106. The number of rotatable bonds is 4. The van der Waals surface area contributed by atoms with Gasteiger partial charge in [-0.1, -0.05) is 35.5 Å². The van der Waals surface area contributed by atoms with Crippen LogP contribution in [0.2, 0.25) is 0 Å². The van der Waals surface area contributed by atoms with Gasteiger partial charge in [0.05, 0.1) is 10.7 Å². The van der Waals surface area contributed by atoms with Crippen LogP contribution in [0.5, 0.6) is 0 Å². The molecule has 1 fully saturated rings. The van der Waals surface area contributed by atoms with Crippen molar-refractivity contribution in [2.24, 2.45) is 5.16 Å². The molecule has 3 aromatic rings. The third-order valence-corrected chi connectivity index (χ3v) is 6.90. The van der Waals surface area contributed by atoms with Crippen molar-refractivity contribution in [2.75, 3.05) is 6.54 Å². The van der Waals surface area contributed by atoms with Crippen molar-refractivity contribution < 1.29 is 18.0 Å².